The summed E-state index contributed by atoms with van der Waals surface area (Å²) in [5.74, 6) is 1.92. The lowest BCUT2D eigenvalue weighted by Gasteiger charge is -2.05. The molecule has 0 unspecified atom stereocenters. The van der Waals surface area contributed by atoms with Crippen molar-refractivity contribution in [2.75, 3.05) is 12.3 Å². The Morgan fingerprint density at radius 2 is 1.94 bits per heavy atom. The molecule has 162 valence electrons. The first-order valence-corrected chi connectivity index (χ1v) is 10.8. The van der Waals surface area contributed by atoms with Gasteiger partial charge in [-0.15, -0.1) is 17.5 Å². The zero-order valence-corrected chi connectivity index (χ0v) is 18.8. The predicted molar refractivity (Wildman–Crippen MR) is 123 cm³/mol. The molecule has 0 saturated carbocycles. The van der Waals surface area contributed by atoms with E-state index in [2.05, 4.69) is 20.8 Å². The number of furan rings is 1. The molecule has 2 aromatic carbocycles. The van der Waals surface area contributed by atoms with E-state index in [0.717, 1.165) is 40.9 Å². The van der Waals surface area contributed by atoms with Crippen LogP contribution in [0.15, 0.2) is 70.2 Å². The maximum atomic E-state index is 13.3. The first-order chi connectivity index (χ1) is 14.7. The third-order valence-electron chi connectivity index (χ3n) is 4.34. The van der Waals surface area contributed by atoms with Crippen LogP contribution in [0.5, 0.6) is 0 Å². The number of nitrogens with one attached hydrogen (secondary N) is 1. The number of nitrogens with zero attached hydrogens (tertiary/aromatic N) is 4. The van der Waals surface area contributed by atoms with Crippen LogP contribution in [0.1, 0.15) is 12.2 Å². The topological polar surface area (TPSA) is 68.8 Å². The van der Waals surface area contributed by atoms with Gasteiger partial charge in [0.2, 0.25) is 5.16 Å². The molecule has 0 amide bonds. The molecule has 4 aromatic rings. The van der Waals surface area contributed by atoms with Crippen molar-refractivity contribution in [3.8, 4) is 17.0 Å². The molecule has 0 spiro atoms. The normalized spacial score (nSPS) is 10.8. The summed E-state index contributed by atoms with van der Waals surface area (Å²) in [4.78, 5) is 0. The number of para-hydroxylation sites is 1. The van der Waals surface area contributed by atoms with Gasteiger partial charge in [0.1, 0.15) is 17.3 Å². The number of hydrogen-bond acceptors (Lipinski definition) is 6. The maximum absolute atomic E-state index is 13.3. The molecule has 0 radical (unpaired) electrons. The van der Waals surface area contributed by atoms with Crippen LogP contribution in [0.2, 0.25) is 5.02 Å². The highest BCUT2D eigenvalue weighted by Gasteiger charge is 2.09. The lowest BCUT2D eigenvalue weighted by atomic mass is 10.2. The minimum Gasteiger partial charge on any atom is -0.460 e. The van der Waals surface area contributed by atoms with Gasteiger partial charge < -0.3 is 9.73 Å². The molecule has 2 aromatic heterocycles. The van der Waals surface area contributed by atoms with Crippen LogP contribution in [0.25, 0.3) is 17.0 Å². The summed E-state index contributed by atoms with van der Waals surface area (Å²) in [6.07, 6.45) is 0.952. The SMILES string of the molecule is Cl.Fc1ccc(-c2ccc(CNCCCSc3nnnn3-c3ccccc3)o2)cc1Cl. The minimum atomic E-state index is -0.440. The monoisotopic (exact) mass is 479 g/mol. The van der Waals surface area contributed by atoms with E-state index in [0.29, 0.717) is 12.3 Å². The minimum absolute atomic E-state index is 0. The van der Waals surface area contributed by atoms with Crippen molar-refractivity contribution in [2.24, 2.45) is 0 Å². The van der Waals surface area contributed by atoms with Gasteiger partial charge in [0.25, 0.3) is 0 Å². The average molecular weight is 480 g/mol. The van der Waals surface area contributed by atoms with Crippen LogP contribution >= 0.6 is 35.8 Å². The van der Waals surface area contributed by atoms with Crippen molar-refractivity contribution in [3.05, 3.63) is 77.3 Å². The zero-order valence-electron chi connectivity index (χ0n) is 16.4. The Morgan fingerprint density at radius 3 is 2.74 bits per heavy atom. The first-order valence-electron chi connectivity index (χ1n) is 9.42. The molecular formula is C21H20Cl2FN5OS. The molecule has 0 aliphatic heterocycles. The summed E-state index contributed by atoms with van der Waals surface area (Å²) in [7, 11) is 0. The van der Waals surface area contributed by atoms with Crippen molar-refractivity contribution >= 4 is 35.8 Å². The van der Waals surface area contributed by atoms with Gasteiger partial charge in [-0.05, 0) is 65.9 Å². The Bertz CT molecular complexity index is 1110. The predicted octanol–water partition coefficient (Wildman–Crippen LogP) is 5.41. The van der Waals surface area contributed by atoms with Crippen molar-refractivity contribution in [1.29, 1.82) is 0 Å². The molecule has 31 heavy (non-hydrogen) atoms. The van der Waals surface area contributed by atoms with E-state index < -0.39 is 5.82 Å². The van der Waals surface area contributed by atoms with E-state index >= 15 is 0 Å². The van der Waals surface area contributed by atoms with Crippen LogP contribution in [-0.4, -0.2) is 32.5 Å². The standard InChI is InChI=1S/C21H19ClFN5OS.ClH/c22-18-13-15(7-9-19(18)23)20-10-8-17(29-20)14-24-11-4-12-30-21-25-26-27-28(21)16-5-2-1-3-6-16;/h1-3,5-10,13,24H,4,11-12,14H2;1H. The van der Waals surface area contributed by atoms with E-state index in [4.69, 9.17) is 16.0 Å². The van der Waals surface area contributed by atoms with Gasteiger partial charge >= 0.3 is 0 Å². The molecule has 0 aliphatic rings. The number of benzene rings is 2. The van der Waals surface area contributed by atoms with E-state index in [1.165, 1.54) is 6.07 Å². The highest BCUT2D eigenvalue weighted by molar-refractivity contribution is 7.99. The highest BCUT2D eigenvalue weighted by atomic mass is 35.5. The van der Waals surface area contributed by atoms with Crippen molar-refractivity contribution in [1.82, 2.24) is 25.5 Å². The van der Waals surface area contributed by atoms with Crippen molar-refractivity contribution in [2.45, 2.75) is 18.1 Å². The van der Waals surface area contributed by atoms with E-state index in [-0.39, 0.29) is 17.4 Å². The van der Waals surface area contributed by atoms with Gasteiger partial charge in [0.15, 0.2) is 0 Å². The number of aromatic nitrogens is 4. The van der Waals surface area contributed by atoms with Crippen molar-refractivity contribution in [3.63, 3.8) is 0 Å². The quantitative estimate of drug-likeness (QED) is 0.255. The lowest BCUT2D eigenvalue weighted by molar-refractivity contribution is 0.494. The summed E-state index contributed by atoms with van der Waals surface area (Å²) in [5.41, 5.74) is 1.69. The van der Waals surface area contributed by atoms with E-state index in [9.17, 15) is 4.39 Å². The molecule has 0 aliphatic carbocycles. The van der Waals surface area contributed by atoms with Gasteiger partial charge in [0, 0.05) is 11.3 Å². The van der Waals surface area contributed by atoms with E-state index in [1.54, 1.807) is 28.6 Å². The molecule has 6 nitrogen and oxygen atoms in total. The van der Waals surface area contributed by atoms with Crippen LogP contribution in [-0.2, 0) is 6.54 Å². The fraction of sp³-hybridized carbons (Fsp3) is 0.190. The Kier molecular flexibility index (Phi) is 8.48. The molecule has 1 N–H and O–H groups in total. The number of rotatable bonds is 9. The Hall–Kier alpha value is -2.39. The van der Waals surface area contributed by atoms with Crippen LogP contribution in [0.4, 0.5) is 4.39 Å². The molecule has 2 heterocycles. The van der Waals surface area contributed by atoms with Crippen molar-refractivity contribution < 1.29 is 8.81 Å². The maximum Gasteiger partial charge on any atom is 0.214 e. The van der Waals surface area contributed by atoms with Gasteiger partial charge in [-0.3, -0.25) is 0 Å². The largest absolute Gasteiger partial charge is 0.460 e. The summed E-state index contributed by atoms with van der Waals surface area (Å²) in [6, 6.07) is 18.1. The third kappa shape index (κ3) is 6.07. The summed E-state index contributed by atoms with van der Waals surface area (Å²) in [5, 5.41) is 16.1. The second-order valence-electron chi connectivity index (χ2n) is 6.48. The summed E-state index contributed by atoms with van der Waals surface area (Å²) in [6.45, 7) is 1.44. The first kappa shape index (κ1) is 23.3. The molecular weight excluding hydrogens is 460 g/mol. The Balaban J connectivity index is 0.00000272. The average Bonchev–Trinajstić information content (AvgIpc) is 3.43. The molecule has 0 atom stereocenters. The third-order valence-corrected chi connectivity index (χ3v) is 5.63. The second-order valence-corrected chi connectivity index (χ2v) is 7.95. The molecule has 0 fully saturated rings. The fourth-order valence-corrected chi connectivity index (χ4v) is 3.86. The fourth-order valence-electron chi connectivity index (χ4n) is 2.85. The van der Waals surface area contributed by atoms with Crippen LogP contribution in [0, 0.1) is 5.82 Å². The van der Waals surface area contributed by atoms with Gasteiger partial charge in [-0.1, -0.05) is 41.6 Å². The highest BCUT2D eigenvalue weighted by Crippen LogP contribution is 2.26. The van der Waals surface area contributed by atoms with Gasteiger partial charge in [-0.25, -0.2) is 4.39 Å². The molecule has 10 heteroatoms. The molecule has 0 saturated heterocycles. The van der Waals surface area contributed by atoms with Crippen LogP contribution < -0.4 is 5.32 Å². The number of hydrogen-bond donors (Lipinski definition) is 1. The Labute approximate surface area is 194 Å². The smallest absolute Gasteiger partial charge is 0.214 e. The molecule has 4 rings (SSSR count). The lowest BCUT2D eigenvalue weighted by Crippen LogP contribution is -2.14. The van der Waals surface area contributed by atoms with Crippen LogP contribution in [0.3, 0.4) is 0 Å². The zero-order chi connectivity index (χ0) is 20.8. The number of halogens is 3. The summed E-state index contributed by atoms with van der Waals surface area (Å²) >= 11 is 7.46. The number of tetrazole rings is 1. The van der Waals surface area contributed by atoms with E-state index in [1.807, 2.05) is 42.5 Å². The summed E-state index contributed by atoms with van der Waals surface area (Å²) < 4.78 is 20.9. The number of thioether (sulfide) groups is 1. The second kappa shape index (κ2) is 11.3. The molecule has 0 bridgehead atoms. The Morgan fingerprint density at radius 1 is 1.10 bits per heavy atom. The van der Waals surface area contributed by atoms with Gasteiger partial charge in [0.05, 0.1) is 17.3 Å². The van der Waals surface area contributed by atoms with Gasteiger partial charge in [-0.2, -0.15) is 4.68 Å².